The van der Waals surface area contributed by atoms with Crippen molar-refractivity contribution >= 4 is 23.4 Å². The Balaban J connectivity index is 1.75. The lowest BCUT2D eigenvalue weighted by molar-refractivity contribution is -0.143. The molecule has 3 unspecified atom stereocenters. The number of nitrogens with zero attached hydrogens (tertiary/aromatic N) is 1. The maximum Gasteiger partial charge on any atom is 0.306 e. The maximum absolute atomic E-state index is 11.1. The summed E-state index contributed by atoms with van der Waals surface area (Å²) in [4.78, 5) is 15.7. The van der Waals surface area contributed by atoms with Gasteiger partial charge in [-0.15, -0.1) is 0 Å². The zero-order valence-corrected chi connectivity index (χ0v) is 11.1. The summed E-state index contributed by atoms with van der Waals surface area (Å²) in [5.74, 6) is -0.0774. The third-order valence-corrected chi connectivity index (χ3v) is 4.15. The number of halogens is 1. The standard InChI is InChI=1S/C14H15ClN2O2/c15-10-4-1-8(2-5-10)13-16-11-6-3-9(14(18)19)7-12(11)17-13/h1-2,4-5,9,11-12H,3,6-7H2,(H,16,17)(H,18,19). The molecule has 0 aromatic heterocycles. The van der Waals surface area contributed by atoms with Crippen molar-refractivity contribution < 1.29 is 9.90 Å². The van der Waals surface area contributed by atoms with Gasteiger partial charge in [0.2, 0.25) is 0 Å². The Morgan fingerprint density at radius 2 is 2.05 bits per heavy atom. The van der Waals surface area contributed by atoms with Crippen LogP contribution in [0.4, 0.5) is 0 Å². The highest BCUT2D eigenvalue weighted by atomic mass is 35.5. The lowest BCUT2D eigenvalue weighted by Crippen LogP contribution is -2.41. The summed E-state index contributed by atoms with van der Waals surface area (Å²) in [6.07, 6.45) is 2.21. The summed E-state index contributed by atoms with van der Waals surface area (Å²) in [6, 6.07) is 7.90. The summed E-state index contributed by atoms with van der Waals surface area (Å²) >= 11 is 5.87. The molecule has 0 saturated heterocycles. The van der Waals surface area contributed by atoms with E-state index in [0.717, 1.165) is 24.2 Å². The number of rotatable bonds is 2. The van der Waals surface area contributed by atoms with Crippen molar-refractivity contribution in [2.75, 3.05) is 0 Å². The van der Waals surface area contributed by atoms with E-state index in [1.165, 1.54) is 0 Å². The second-order valence-corrected chi connectivity index (χ2v) is 5.59. The summed E-state index contributed by atoms with van der Waals surface area (Å²) in [5.41, 5.74) is 1.01. The van der Waals surface area contributed by atoms with Gasteiger partial charge in [0.15, 0.2) is 0 Å². The molecule has 19 heavy (non-hydrogen) atoms. The topological polar surface area (TPSA) is 61.7 Å². The van der Waals surface area contributed by atoms with Crippen LogP contribution in [0.5, 0.6) is 0 Å². The van der Waals surface area contributed by atoms with Gasteiger partial charge in [0.05, 0.1) is 18.0 Å². The lowest BCUT2D eigenvalue weighted by Gasteiger charge is -2.28. The zero-order chi connectivity index (χ0) is 13.4. The molecule has 100 valence electrons. The molecule has 3 rings (SSSR count). The number of hydrogen-bond donors (Lipinski definition) is 2. The molecule has 1 aliphatic heterocycles. The molecule has 1 aromatic rings. The first kappa shape index (κ1) is 12.5. The minimum Gasteiger partial charge on any atom is -0.481 e. The number of fused-ring (bicyclic) bond motifs is 1. The van der Waals surface area contributed by atoms with Crippen LogP contribution in [0.15, 0.2) is 29.3 Å². The fourth-order valence-corrected chi connectivity index (χ4v) is 2.96. The molecular formula is C14H15ClN2O2. The first-order chi connectivity index (χ1) is 9.13. The normalized spacial score (nSPS) is 29.3. The second kappa shape index (κ2) is 4.85. The van der Waals surface area contributed by atoms with Gasteiger partial charge in [-0.3, -0.25) is 9.79 Å². The molecule has 1 aromatic carbocycles. The van der Waals surface area contributed by atoms with E-state index in [1.54, 1.807) is 0 Å². The Morgan fingerprint density at radius 3 is 2.74 bits per heavy atom. The third kappa shape index (κ3) is 2.45. The van der Waals surface area contributed by atoms with E-state index in [1.807, 2.05) is 24.3 Å². The lowest BCUT2D eigenvalue weighted by atomic mass is 9.83. The van der Waals surface area contributed by atoms with E-state index < -0.39 is 5.97 Å². The number of amidine groups is 1. The Morgan fingerprint density at radius 1 is 1.32 bits per heavy atom. The van der Waals surface area contributed by atoms with Crippen LogP contribution in [0.1, 0.15) is 24.8 Å². The van der Waals surface area contributed by atoms with Gasteiger partial charge in [-0.1, -0.05) is 11.6 Å². The Bertz CT molecular complexity index is 527. The van der Waals surface area contributed by atoms with E-state index in [-0.39, 0.29) is 18.0 Å². The predicted octanol–water partition coefficient (Wildman–Crippen LogP) is 2.31. The largest absolute Gasteiger partial charge is 0.481 e. The van der Waals surface area contributed by atoms with Gasteiger partial charge in [0, 0.05) is 10.6 Å². The van der Waals surface area contributed by atoms with Crippen LogP contribution in [-0.4, -0.2) is 29.0 Å². The quantitative estimate of drug-likeness (QED) is 0.873. The van der Waals surface area contributed by atoms with Crippen LogP contribution in [0.2, 0.25) is 5.02 Å². The molecule has 1 aliphatic carbocycles. The molecule has 1 heterocycles. The average molecular weight is 279 g/mol. The molecule has 1 fully saturated rings. The first-order valence-corrected chi connectivity index (χ1v) is 6.84. The molecule has 0 amide bonds. The van der Waals surface area contributed by atoms with Gasteiger partial charge < -0.3 is 10.4 Å². The SMILES string of the molecule is O=C(O)C1CCC2N=C(c3ccc(Cl)cc3)NC2C1. The third-order valence-electron chi connectivity index (χ3n) is 3.90. The summed E-state index contributed by atoms with van der Waals surface area (Å²) in [7, 11) is 0. The summed E-state index contributed by atoms with van der Waals surface area (Å²) in [5, 5.41) is 13.1. The first-order valence-electron chi connectivity index (χ1n) is 6.46. The van der Waals surface area contributed by atoms with Crippen molar-refractivity contribution in [1.29, 1.82) is 0 Å². The molecule has 4 nitrogen and oxygen atoms in total. The Labute approximate surface area is 116 Å². The highest BCUT2D eigenvalue weighted by Crippen LogP contribution is 2.30. The van der Waals surface area contributed by atoms with Crippen molar-refractivity contribution in [3.63, 3.8) is 0 Å². The zero-order valence-electron chi connectivity index (χ0n) is 10.3. The van der Waals surface area contributed by atoms with E-state index >= 15 is 0 Å². The van der Waals surface area contributed by atoms with E-state index in [4.69, 9.17) is 16.7 Å². The van der Waals surface area contributed by atoms with Crippen molar-refractivity contribution in [2.45, 2.75) is 31.3 Å². The molecule has 5 heteroatoms. The minimum absolute atomic E-state index is 0.153. The molecule has 1 saturated carbocycles. The fraction of sp³-hybridized carbons (Fsp3) is 0.429. The van der Waals surface area contributed by atoms with Crippen LogP contribution in [-0.2, 0) is 4.79 Å². The van der Waals surface area contributed by atoms with E-state index in [9.17, 15) is 4.79 Å². The van der Waals surface area contributed by atoms with Crippen molar-refractivity contribution in [3.8, 4) is 0 Å². The number of carbonyl (C=O) groups is 1. The number of aliphatic imine (C=N–C) groups is 1. The van der Waals surface area contributed by atoms with Gasteiger partial charge >= 0.3 is 5.97 Å². The van der Waals surface area contributed by atoms with Crippen LogP contribution in [0.25, 0.3) is 0 Å². The van der Waals surface area contributed by atoms with Gasteiger partial charge in [0.1, 0.15) is 5.84 Å². The van der Waals surface area contributed by atoms with Crippen LogP contribution < -0.4 is 5.32 Å². The van der Waals surface area contributed by atoms with E-state index in [0.29, 0.717) is 11.4 Å². The van der Waals surface area contributed by atoms with Crippen LogP contribution >= 0.6 is 11.6 Å². The number of carboxylic acids is 1. The molecule has 2 N–H and O–H groups in total. The average Bonchev–Trinajstić information content (AvgIpc) is 2.82. The predicted molar refractivity (Wildman–Crippen MR) is 73.7 cm³/mol. The minimum atomic E-state index is -0.694. The van der Waals surface area contributed by atoms with Gasteiger partial charge in [-0.2, -0.15) is 0 Å². The highest BCUT2D eigenvalue weighted by Gasteiger charge is 2.37. The summed E-state index contributed by atoms with van der Waals surface area (Å²) < 4.78 is 0. The molecule has 0 bridgehead atoms. The molecule has 0 radical (unpaired) electrons. The van der Waals surface area contributed by atoms with Crippen LogP contribution in [0, 0.1) is 5.92 Å². The Hall–Kier alpha value is -1.55. The molecule has 3 atom stereocenters. The number of nitrogens with one attached hydrogen (secondary N) is 1. The van der Waals surface area contributed by atoms with Crippen molar-refractivity contribution in [1.82, 2.24) is 5.32 Å². The fourth-order valence-electron chi connectivity index (χ4n) is 2.83. The van der Waals surface area contributed by atoms with Crippen molar-refractivity contribution in [2.24, 2.45) is 10.9 Å². The van der Waals surface area contributed by atoms with Gasteiger partial charge in [-0.25, -0.2) is 0 Å². The number of aliphatic carboxylic acids is 1. The molecule has 0 spiro atoms. The number of hydrogen-bond acceptors (Lipinski definition) is 3. The summed E-state index contributed by atoms with van der Waals surface area (Å²) in [6.45, 7) is 0. The smallest absolute Gasteiger partial charge is 0.306 e. The number of benzene rings is 1. The highest BCUT2D eigenvalue weighted by molar-refractivity contribution is 6.30. The van der Waals surface area contributed by atoms with Gasteiger partial charge in [0.25, 0.3) is 0 Å². The Kier molecular flexibility index (Phi) is 3.19. The van der Waals surface area contributed by atoms with Crippen LogP contribution in [0.3, 0.4) is 0 Å². The maximum atomic E-state index is 11.1. The number of carboxylic acid groups (broad SMARTS) is 1. The van der Waals surface area contributed by atoms with E-state index in [2.05, 4.69) is 10.3 Å². The molecular weight excluding hydrogens is 264 g/mol. The molecule has 2 aliphatic rings. The van der Waals surface area contributed by atoms with Gasteiger partial charge in [-0.05, 0) is 43.5 Å². The second-order valence-electron chi connectivity index (χ2n) is 5.15. The van der Waals surface area contributed by atoms with Crippen molar-refractivity contribution in [3.05, 3.63) is 34.9 Å². The monoisotopic (exact) mass is 278 g/mol.